The maximum atomic E-state index is 12.5. The first kappa shape index (κ1) is 19.0. The Balaban J connectivity index is 2.17. The standard InChI is InChI=1S/C19H25N3O5/c1-4-5-8-22-18(24)15(17(23)21-19(22)25)16-12-10-14(27-3)13(26-2)9-11(12)6-7-20-16/h9-10,16,20,24H,4-8H2,1-3H3,(H,21,23,25). The highest BCUT2D eigenvalue weighted by atomic mass is 16.5. The molecule has 0 fully saturated rings. The van der Waals surface area contributed by atoms with Gasteiger partial charge in [-0.05, 0) is 36.1 Å². The average Bonchev–Trinajstić information content (AvgIpc) is 2.66. The normalized spacial score (nSPS) is 16.0. The van der Waals surface area contributed by atoms with Crippen molar-refractivity contribution in [2.24, 2.45) is 0 Å². The second-order valence-corrected chi connectivity index (χ2v) is 6.54. The number of rotatable bonds is 6. The number of fused-ring (bicyclic) bond motifs is 1. The summed E-state index contributed by atoms with van der Waals surface area (Å²) in [6.07, 6.45) is 2.33. The third-order valence-electron chi connectivity index (χ3n) is 4.93. The molecular formula is C19H25N3O5. The van der Waals surface area contributed by atoms with E-state index in [9.17, 15) is 14.7 Å². The fraction of sp³-hybridized carbons (Fsp3) is 0.474. The monoisotopic (exact) mass is 375 g/mol. The number of nitrogens with one attached hydrogen (secondary N) is 2. The third-order valence-corrected chi connectivity index (χ3v) is 4.93. The summed E-state index contributed by atoms with van der Waals surface area (Å²) in [5.74, 6) is 0.862. The minimum Gasteiger partial charge on any atom is -0.494 e. The van der Waals surface area contributed by atoms with E-state index < -0.39 is 17.3 Å². The number of ether oxygens (including phenoxy) is 2. The van der Waals surface area contributed by atoms with Gasteiger partial charge in [0, 0.05) is 13.1 Å². The predicted octanol–water partition coefficient (Wildman–Crippen LogP) is 1.29. The van der Waals surface area contributed by atoms with Crippen molar-refractivity contribution in [3.63, 3.8) is 0 Å². The Labute approximate surface area is 156 Å². The molecule has 0 radical (unpaired) electrons. The molecule has 0 aliphatic carbocycles. The van der Waals surface area contributed by atoms with Crippen LogP contribution < -0.4 is 26.0 Å². The van der Waals surface area contributed by atoms with Crippen LogP contribution in [0.15, 0.2) is 21.7 Å². The number of aromatic hydroxyl groups is 1. The van der Waals surface area contributed by atoms with Crippen LogP contribution in [0.2, 0.25) is 0 Å². The van der Waals surface area contributed by atoms with Crippen LogP contribution in [0.5, 0.6) is 17.4 Å². The highest BCUT2D eigenvalue weighted by molar-refractivity contribution is 5.52. The molecular weight excluding hydrogens is 350 g/mol. The molecule has 0 amide bonds. The molecule has 1 unspecified atom stereocenters. The van der Waals surface area contributed by atoms with E-state index in [2.05, 4.69) is 10.3 Å². The van der Waals surface area contributed by atoms with Gasteiger partial charge >= 0.3 is 5.69 Å². The summed E-state index contributed by atoms with van der Waals surface area (Å²) < 4.78 is 12.0. The Bertz CT molecular complexity index is 948. The molecule has 0 spiro atoms. The summed E-state index contributed by atoms with van der Waals surface area (Å²) in [6.45, 7) is 2.96. The molecule has 1 aliphatic rings. The van der Waals surface area contributed by atoms with Gasteiger partial charge in [-0.25, -0.2) is 4.79 Å². The molecule has 1 aromatic heterocycles. The number of nitrogens with zero attached hydrogens (tertiary/aromatic N) is 1. The van der Waals surface area contributed by atoms with Gasteiger partial charge in [0.15, 0.2) is 11.5 Å². The van der Waals surface area contributed by atoms with Crippen molar-refractivity contribution < 1.29 is 14.6 Å². The van der Waals surface area contributed by atoms with E-state index in [0.717, 1.165) is 30.4 Å². The lowest BCUT2D eigenvalue weighted by atomic mass is 9.90. The van der Waals surface area contributed by atoms with Gasteiger partial charge in [-0.1, -0.05) is 13.3 Å². The lowest BCUT2D eigenvalue weighted by Crippen LogP contribution is -2.39. The van der Waals surface area contributed by atoms with Gasteiger partial charge in [0.2, 0.25) is 5.88 Å². The number of aromatic nitrogens is 2. The first-order chi connectivity index (χ1) is 13.0. The van der Waals surface area contributed by atoms with E-state index >= 15 is 0 Å². The molecule has 2 aromatic rings. The Morgan fingerprint density at radius 1 is 1.22 bits per heavy atom. The maximum Gasteiger partial charge on any atom is 0.331 e. The fourth-order valence-electron chi connectivity index (χ4n) is 3.50. The summed E-state index contributed by atoms with van der Waals surface area (Å²) in [6, 6.07) is 3.15. The van der Waals surface area contributed by atoms with E-state index in [1.54, 1.807) is 14.2 Å². The number of hydrogen-bond acceptors (Lipinski definition) is 6. The minimum atomic E-state index is -0.599. The van der Waals surface area contributed by atoms with Crippen molar-refractivity contribution in [2.45, 2.75) is 38.8 Å². The van der Waals surface area contributed by atoms with Crippen LogP contribution in [0.3, 0.4) is 0 Å². The van der Waals surface area contributed by atoms with Crippen LogP contribution in [0.4, 0.5) is 0 Å². The lowest BCUT2D eigenvalue weighted by Gasteiger charge is -2.28. The van der Waals surface area contributed by atoms with E-state index in [1.165, 1.54) is 4.57 Å². The number of hydrogen-bond donors (Lipinski definition) is 3. The molecule has 8 nitrogen and oxygen atoms in total. The SMILES string of the molecule is CCCCn1c(O)c(C2NCCc3cc(OC)c(OC)cc32)c(=O)[nH]c1=O. The van der Waals surface area contributed by atoms with E-state index in [4.69, 9.17) is 9.47 Å². The van der Waals surface area contributed by atoms with Crippen LogP contribution in [0.25, 0.3) is 0 Å². The minimum absolute atomic E-state index is 0.138. The van der Waals surface area contributed by atoms with Gasteiger partial charge in [0.1, 0.15) is 0 Å². The summed E-state index contributed by atoms with van der Waals surface area (Å²) in [4.78, 5) is 27.0. The van der Waals surface area contributed by atoms with Gasteiger partial charge < -0.3 is 19.9 Å². The maximum absolute atomic E-state index is 12.5. The first-order valence-corrected chi connectivity index (χ1v) is 9.05. The lowest BCUT2D eigenvalue weighted by molar-refractivity contribution is 0.352. The summed E-state index contributed by atoms with van der Waals surface area (Å²) >= 11 is 0. The molecule has 1 aliphatic heterocycles. The number of aromatic amines is 1. The fourth-order valence-corrected chi connectivity index (χ4v) is 3.50. The van der Waals surface area contributed by atoms with Crippen molar-refractivity contribution in [2.75, 3.05) is 20.8 Å². The third kappa shape index (κ3) is 3.44. The highest BCUT2D eigenvalue weighted by Gasteiger charge is 2.29. The zero-order chi connectivity index (χ0) is 19.6. The second kappa shape index (κ2) is 7.87. The number of benzene rings is 1. The molecule has 0 saturated carbocycles. The number of unbranched alkanes of at least 4 members (excludes halogenated alkanes) is 1. The smallest absolute Gasteiger partial charge is 0.331 e. The Morgan fingerprint density at radius 2 is 1.93 bits per heavy atom. The van der Waals surface area contributed by atoms with Crippen LogP contribution in [0.1, 0.15) is 42.5 Å². The number of methoxy groups -OCH3 is 2. The Kier molecular flexibility index (Phi) is 5.55. The van der Waals surface area contributed by atoms with E-state index in [1.807, 2.05) is 19.1 Å². The topological polar surface area (TPSA) is 106 Å². The Morgan fingerprint density at radius 3 is 2.59 bits per heavy atom. The molecule has 27 heavy (non-hydrogen) atoms. The van der Waals surface area contributed by atoms with Crippen molar-refractivity contribution >= 4 is 0 Å². The van der Waals surface area contributed by atoms with E-state index in [0.29, 0.717) is 24.6 Å². The second-order valence-electron chi connectivity index (χ2n) is 6.54. The molecule has 0 bridgehead atoms. The van der Waals surface area contributed by atoms with Gasteiger partial charge in [-0.2, -0.15) is 0 Å². The van der Waals surface area contributed by atoms with Gasteiger partial charge in [-0.3, -0.25) is 14.3 Å². The molecule has 3 rings (SSSR count). The highest BCUT2D eigenvalue weighted by Crippen LogP contribution is 2.38. The largest absolute Gasteiger partial charge is 0.494 e. The summed E-state index contributed by atoms with van der Waals surface area (Å²) in [7, 11) is 3.12. The summed E-state index contributed by atoms with van der Waals surface area (Å²) in [5.41, 5.74) is 0.768. The van der Waals surface area contributed by atoms with Crippen LogP contribution in [-0.2, 0) is 13.0 Å². The van der Waals surface area contributed by atoms with Crippen LogP contribution in [-0.4, -0.2) is 35.4 Å². The molecule has 1 atom stereocenters. The van der Waals surface area contributed by atoms with Crippen molar-refractivity contribution in [3.05, 3.63) is 49.7 Å². The van der Waals surface area contributed by atoms with Crippen molar-refractivity contribution in [3.8, 4) is 17.4 Å². The molecule has 2 heterocycles. The van der Waals surface area contributed by atoms with Gasteiger partial charge in [0.05, 0.1) is 25.8 Å². The first-order valence-electron chi connectivity index (χ1n) is 9.05. The zero-order valence-corrected chi connectivity index (χ0v) is 15.8. The molecule has 8 heteroatoms. The number of H-pyrrole nitrogens is 1. The van der Waals surface area contributed by atoms with Gasteiger partial charge in [0.25, 0.3) is 5.56 Å². The van der Waals surface area contributed by atoms with Crippen molar-refractivity contribution in [1.82, 2.24) is 14.9 Å². The van der Waals surface area contributed by atoms with Gasteiger partial charge in [-0.15, -0.1) is 0 Å². The quantitative estimate of drug-likeness (QED) is 0.703. The van der Waals surface area contributed by atoms with Crippen LogP contribution in [0, 0.1) is 0 Å². The predicted molar refractivity (Wildman–Crippen MR) is 101 cm³/mol. The molecule has 3 N–H and O–H groups in total. The van der Waals surface area contributed by atoms with Crippen molar-refractivity contribution in [1.29, 1.82) is 0 Å². The Hall–Kier alpha value is -2.74. The zero-order valence-electron chi connectivity index (χ0n) is 15.8. The van der Waals surface area contributed by atoms with Crippen LogP contribution >= 0.6 is 0 Å². The molecule has 146 valence electrons. The summed E-state index contributed by atoms with van der Waals surface area (Å²) in [5, 5.41) is 14.0. The molecule has 0 saturated heterocycles. The molecule has 1 aromatic carbocycles. The average molecular weight is 375 g/mol. The van der Waals surface area contributed by atoms with E-state index in [-0.39, 0.29) is 11.4 Å².